The predicted octanol–water partition coefficient (Wildman–Crippen LogP) is 1.75. The number of aldehydes is 1. The maximum atomic E-state index is 12.0. The van der Waals surface area contributed by atoms with Crippen molar-refractivity contribution < 1.29 is 29.4 Å². The molecule has 0 saturated heterocycles. The summed E-state index contributed by atoms with van der Waals surface area (Å²) in [6.07, 6.45) is 1.46. The van der Waals surface area contributed by atoms with Crippen LogP contribution in [0.15, 0.2) is 0 Å². The molecule has 10 nitrogen and oxygen atoms in total. The minimum absolute atomic E-state index is 0.145. The average molecular weight is 417 g/mol. The van der Waals surface area contributed by atoms with E-state index in [1.54, 1.807) is 19.2 Å². The summed E-state index contributed by atoms with van der Waals surface area (Å²) in [5, 5.41) is 28.0. The highest BCUT2D eigenvalue weighted by molar-refractivity contribution is 5.94. The Labute approximate surface area is 172 Å². The highest BCUT2D eigenvalue weighted by Gasteiger charge is 2.27. The Hall–Kier alpha value is -2.20. The van der Waals surface area contributed by atoms with Gasteiger partial charge in [-0.15, -0.1) is 0 Å². The lowest BCUT2D eigenvalue weighted by atomic mass is 10.0. The van der Waals surface area contributed by atoms with Gasteiger partial charge in [-0.05, 0) is 31.2 Å². The fourth-order valence-corrected chi connectivity index (χ4v) is 2.85. The lowest BCUT2D eigenvalue weighted by molar-refractivity contribution is -0.123. The van der Waals surface area contributed by atoms with E-state index in [4.69, 9.17) is 10.2 Å². The smallest absolute Gasteiger partial charge is 0.411 e. The van der Waals surface area contributed by atoms with Gasteiger partial charge in [0.25, 0.3) is 0 Å². The molecule has 0 rings (SSSR count). The molecule has 0 aliphatic heterocycles. The summed E-state index contributed by atoms with van der Waals surface area (Å²) < 4.78 is 0. The summed E-state index contributed by atoms with van der Waals surface area (Å²) in [5.74, 6) is -0.704. The van der Waals surface area contributed by atoms with Crippen molar-refractivity contribution in [3.05, 3.63) is 0 Å². The highest BCUT2D eigenvalue weighted by atomic mass is 16.4. The first-order valence-corrected chi connectivity index (χ1v) is 10.1. The molecule has 0 saturated carbocycles. The van der Waals surface area contributed by atoms with E-state index in [1.807, 2.05) is 13.8 Å². The van der Waals surface area contributed by atoms with Gasteiger partial charge in [-0.25, -0.2) is 9.59 Å². The number of nitrogens with one attached hydrogen (secondary N) is 4. The van der Waals surface area contributed by atoms with Crippen LogP contribution in [0.4, 0.5) is 9.59 Å². The van der Waals surface area contributed by atoms with Crippen molar-refractivity contribution in [2.45, 2.75) is 78.0 Å². The SMILES string of the molecule is CC(C)C(C=O)NCCCCCCC(NC(=O)O)NC(C(=O)NC(=O)O)C(C)C. The van der Waals surface area contributed by atoms with Crippen molar-refractivity contribution in [2.75, 3.05) is 6.54 Å². The number of unbranched alkanes of at least 4 members (excludes halogenated alkanes) is 3. The third kappa shape index (κ3) is 12.8. The minimum atomic E-state index is -1.45. The Morgan fingerprint density at radius 1 is 0.897 bits per heavy atom. The zero-order valence-electron chi connectivity index (χ0n) is 17.7. The first kappa shape index (κ1) is 26.8. The number of hydrogen-bond acceptors (Lipinski definition) is 6. The molecule has 6 N–H and O–H groups in total. The number of imide groups is 1. The van der Waals surface area contributed by atoms with Crippen LogP contribution in [0.2, 0.25) is 0 Å². The second kappa shape index (κ2) is 14.7. The van der Waals surface area contributed by atoms with E-state index in [1.165, 1.54) is 0 Å². The highest BCUT2D eigenvalue weighted by Crippen LogP contribution is 2.09. The van der Waals surface area contributed by atoms with Crippen LogP contribution in [0.1, 0.15) is 59.8 Å². The normalized spacial score (nSPS) is 14.3. The Bertz CT molecular complexity index is 527. The van der Waals surface area contributed by atoms with Crippen molar-refractivity contribution in [1.29, 1.82) is 0 Å². The number of amides is 3. The summed E-state index contributed by atoms with van der Waals surface area (Å²) >= 11 is 0. The van der Waals surface area contributed by atoms with Gasteiger partial charge in [-0.3, -0.25) is 15.4 Å². The average Bonchev–Trinajstić information content (AvgIpc) is 2.59. The number of rotatable bonds is 15. The van der Waals surface area contributed by atoms with E-state index in [9.17, 15) is 19.2 Å². The van der Waals surface area contributed by atoms with Crippen molar-refractivity contribution in [3.63, 3.8) is 0 Å². The number of carboxylic acid groups (broad SMARTS) is 2. The van der Waals surface area contributed by atoms with Crippen LogP contribution in [0.3, 0.4) is 0 Å². The molecule has 0 radical (unpaired) electrons. The van der Waals surface area contributed by atoms with Gasteiger partial charge in [0.2, 0.25) is 5.91 Å². The molecular formula is C19H36N4O6. The second-order valence-electron chi connectivity index (χ2n) is 7.75. The molecule has 0 aliphatic carbocycles. The largest absolute Gasteiger partial charge is 0.465 e. The lowest BCUT2D eigenvalue weighted by Gasteiger charge is -2.27. The fourth-order valence-electron chi connectivity index (χ4n) is 2.85. The topological polar surface area (TPSA) is 157 Å². The van der Waals surface area contributed by atoms with Crippen LogP contribution in [0.5, 0.6) is 0 Å². The second-order valence-corrected chi connectivity index (χ2v) is 7.75. The van der Waals surface area contributed by atoms with E-state index in [0.717, 1.165) is 38.5 Å². The molecule has 0 spiro atoms. The summed E-state index contributed by atoms with van der Waals surface area (Å²) in [5.41, 5.74) is 0. The standard InChI is InChI=1S/C19H36N4O6/c1-12(2)14(11-24)20-10-8-6-5-7-9-15(22-18(26)27)21-16(13(3)4)17(25)23-19(28)29/h11-16,20-22H,5-10H2,1-4H3,(H,23,25)(H,26,27)(H,28,29). The molecular weight excluding hydrogens is 380 g/mol. The molecule has 0 heterocycles. The summed E-state index contributed by atoms with van der Waals surface area (Å²) in [6.45, 7) is 8.19. The van der Waals surface area contributed by atoms with Crippen molar-refractivity contribution in [1.82, 2.24) is 21.3 Å². The zero-order valence-corrected chi connectivity index (χ0v) is 17.7. The van der Waals surface area contributed by atoms with Gasteiger partial charge < -0.3 is 25.6 Å². The van der Waals surface area contributed by atoms with Crippen molar-refractivity contribution >= 4 is 24.4 Å². The Morgan fingerprint density at radius 2 is 1.52 bits per heavy atom. The molecule has 0 aromatic heterocycles. The van der Waals surface area contributed by atoms with Gasteiger partial charge in [0.15, 0.2) is 0 Å². The predicted molar refractivity (Wildman–Crippen MR) is 109 cm³/mol. The van der Waals surface area contributed by atoms with Crippen LogP contribution in [-0.2, 0) is 9.59 Å². The molecule has 0 aliphatic rings. The van der Waals surface area contributed by atoms with Crippen LogP contribution in [0, 0.1) is 11.8 Å². The van der Waals surface area contributed by atoms with Gasteiger partial charge in [0.05, 0.1) is 18.2 Å². The Kier molecular flexibility index (Phi) is 13.6. The van der Waals surface area contributed by atoms with Crippen LogP contribution in [-0.4, -0.2) is 59.4 Å². The van der Waals surface area contributed by atoms with Crippen molar-refractivity contribution in [3.8, 4) is 0 Å². The summed E-state index contributed by atoms with van der Waals surface area (Å²) in [4.78, 5) is 44.7. The summed E-state index contributed by atoms with van der Waals surface area (Å²) in [7, 11) is 0. The van der Waals surface area contributed by atoms with E-state index in [2.05, 4.69) is 16.0 Å². The molecule has 29 heavy (non-hydrogen) atoms. The monoisotopic (exact) mass is 416 g/mol. The number of carbonyl (C=O) groups is 4. The molecule has 10 heteroatoms. The first-order valence-electron chi connectivity index (χ1n) is 10.1. The van der Waals surface area contributed by atoms with Crippen LogP contribution < -0.4 is 21.3 Å². The van der Waals surface area contributed by atoms with Crippen LogP contribution >= 0.6 is 0 Å². The van der Waals surface area contributed by atoms with Gasteiger partial charge in [0, 0.05) is 0 Å². The third-order valence-corrected chi connectivity index (χ3v) is 4.52. The minimum Gasteiger partial charge on any atom is -0.465 e. The fraction of sp³-hybridized carbons (Fsp3) is 0.789. The number of hydrogen-bond donors (Lipinski definition) is 6. The lowest BCUT2D eigenvalue weighted by Crippen LogP contribution is -2.56. The van der Waals surface area contributed by atoms with Crippen molar-refractivity contribution in [2.24, 2.45) is 11.8 Å². The maximum Gasteiger partial charge on any atom is 0.411 e. The van der Waals surface area contributed by atoms with Gasteiger partial charge in [-0.2, -0.15) is 0 Å². The van der Waals surface area contributed by atoms with E-state index >= 15 is 0 Å². The van der Waals surface area contributed by atoms with Gasteiger partial charge in [0.1, 0.15) is 6.29 Å². The molecule has 3 unspecified atom stereocenters. The molecule has 168 valence electrons. The van der Waals surface area contributed by atoms with Gasteiger partial charge in [-0.1, -0.05) is 47.0 Å². The third-order valence-electron chi connectivity index (χ3n) is 4.52. The molecule has 3 atom stereocenters. The molecule has 0 bridgehead atoms. The molecule has 0 aromatic rings. The van der Waals surface area contributed by atoms with Gasteiger partial charge >= 0.3 is 12.2 Å². The Morgan fingerprint density at radius 3 is 2.00 bits per heavy atom. The molecule has 0 fully saturated rings. The zero-order chi connectivity index (χ0) is 22.4. The molecule has 3 amide bonds. The van der Waals surface area contributed by atoms with Crippen LogP contribution in [0.25, 0.3) is 0 Å². The van der Waals surface area contributed by atoms with E-state index in [0.29, 0.717) is 6.42 Å². The maximum absolute atomic E-state index is 12.0. The number of carbonyl (C=O) groups excluding carboxylic acids is 2. The Balaban J connectivity index is 4.43. The quantitative estimate of drug-likeness (QED) is 0.134. The first-order chi connectivity index (χ1) is 13.6. The van der Waals surface area contributed by atoms with E-state index in [-0.39, 0.29) is 17.9 Å². The molecule has 0 aromatic carbocycles. The summed E-state index contributed by atoms with van der Waals surface area (Å²) in [6, 6.07) is -0.989. The van der Waals surface area contributed by atoms with E-state index < -0.39 is 30.3 Å².